The molecule has 1 aromatic carbocycles. The molecule has 3 aromatic rings. The van der Waals surface area contributed by atoms with Crippen molar-refractivity contribution in [3.05, 3.63) is 35.1 Å². The second kappa shape index (κ2) is 6.29. The first-order valence-electron chi connectivity index (χ1n) is 7.97. The summed E-state index contributed by atoms with van der Waals surface area (Å²) in [6.07, 6.45) is 2.05. The maximum atomic E-state index is 12.5. The van der Waals surface area contributed by atoms with Crippen molar-refractivity contribution in [2.45, 2.75) is 18.8 Å². The van der Waals surface area contributed by atoms with Gasteiger partial charge in [0.25, 0.3) is 5.91 Å². The zero-order chi connectivity index (χ0) is 16.5. The number of nitrogens with one attached hydrogen (secondary N) is 2. The monoisotopic (exact) mass is 342 g/mol. The predicted octanol–water partition coefficient (Wildman–Crippen LogP) is 2.14. The van der Waals surface area contributed by atoms with E-state index in [1.165, 1.54) is 11.3 Å². The molecular weight excluding hydrogens is 324 g/mol. The summed E-state index contributed by atoms with van der Waals surface area (Å²) >= 11 is 1.52. The summed E-state index contributed by atoms with van der Waals surface area (Å²) in [5.74, 6) is 1.47. The third-order valence-electron chi connectivity index (χ3n) is 4.30. The number of piperidine rings is 1. The Balaban J connectivity index is 1.53. The fourth-order valence-corrected chi connectivity index (χ4v) is 3.65. The molecule has 1 aliphatic rings. The average Bonchev–Trinajstić information content (AvgIpc) is 3.22. The molecule has 8 heteroatoms. The van der Waals surface area contributed by atoms with E-state index in [2.05, 4.69) is 25.7 Å². The van der Waals surface area contributed by atoms with Crippen LogP contribution in [0.2, 0.25) is 0 Å². The van der Waals surface area contributed by atoms with Crippen molar-refractivity contribution in [1.82, 2.24) is 25.1 Å². The summed E-state index contributed by atoms with van der Waals surface area (Å²) in [6.45, 7) is 1.97. The summed E-state index contributed by atoms with van der Waals surface area (Å²) in [7, 11) is 1.81. The number of aryl methyl sites for hydroxylation is 1. The van der Waals surface area contributed by atoms with Crippen LogP contribution in [0.4, 0.5) is 5.95 Å². The Labute approximate surface area is 143 Å². The van der Waals surface area contributed by atoms with Crippen molar-refractivity contribution in [1.29, 1.82) is 0 Å². The molecule has 1 amide bonds. The molecular formula is C16H18N6OS. The highest BCUT2D eigenvalue weighted by molar-refractivity contribution is 7.16. The standard InChI is InChI=1S/C16H18N6OS/c1-22-16(19-14(21-22)10-4-6-17-7-5-10)20-15(23)11-2-3-12-13(8-11)24-9-18-12/h2-3,8-10,17H,4-7H2,1H3,(H,19,20,21,23). The Morgan fingerprint density at radius 3 is 3.04 bits per heavy atom. The Bertz CT molecular complexity index is 880. The number of hydrogen-bond donors (Lipinski definition) is 2. The minimum atomic E-state index is -0.183. The van der Waals surface area contributed by atoms with Gasteiger partial charge in [0.15, 0.2) is 5.82 Å². The van der Waals surface area contributed by atoms with Crippen LogP contribution in [0, 0.1) is 0 Å². The second-order valence-corrected chi connectivity index (χ2v) is 6.82. The van der Waals surface area contributed by atoms with Gasteiger partial charge < -0.3 is 5.32 Å². The molecule has 0 spiro atoms. The molecule has 3 heterocycles. The van der Waals surface area contributed by atoms with Gasteiger partial charge >= 0.3 is 0 Å². The first kappa shape index (κ1) is 15.2. The van der Waals surface area contributed by atoms with E-state index in [0.717, 1.165) is 42.0 Å². The molecule has 1 aliphatic heterocycles. The van der Waals surface area contributed by atoms with Gasteiger partial charge in [-0.3, -0.25) is 10.1 Å². The van der Waals surface area contributed by atoms with E-state index in [1.807, 2.05) is 12.1 Å². The van der Waals surface area contributed by atoms with Gasteiger partial charge in [-0.1, -0.05) is 0 Å². The summed E-state index contributed by atoms with van der Waals surface area (Å²) in [5, 5.41) is 10.7. The van der Waals surface area contributed by atoms with Crippen molar-refractivity contribution in [3.63, 3.8) is 0 Å². The molecule has 0 aliphatic carbocycles. The first-order valence-corrected chi connectivity index (χ1v) is 8.85. The van der Waals surface area contributed by atoms with Crippen molar-refractivity contribution >= 4 is 33.4 Å². The molecule has 0 bridgehead atoms. The molecule has 1 saturated heterocycles. The van der Waals surface area contributed by atoms with Crippen LogP contribution in [0.1, 0.15) is 34.9 Å². The molecule has 0 atom stereocenters. The highest BCUT2D eigenvalue weighted by Gasteiger charge is 2.21. The number of anilines is 1. The topological polar surface area (TPSA) is 84.7 Å². The second-order valence-electron chi connectivity index (χ2n) is 5.93. The van der Waals surface area contributed by atoms with Gasteiger partial charge in [0, 0.05) is 18.5 Å². The number of carbonyl (C=O) groups excluding carboxylic acids is 1. The van der Waals surface area contributed by atoms with Gasteiger partial charge in [-0.05, 0) is 44.1 Å². The molecule has 7 nitrogen and oxygen atoms in total. The van der Waals surface area contributed by atoms with Crippen molar-refractivity contribution in [2.75, 3.05) is 18.4 Å². The quantitative estimate of drug-likeness (QED) is 0.762. The largest absolute Gasteiger partial charge is 0.317 e. The number of benzene rings is 1. The first-order chi connectivity index (χ1) is 11.7. The summed E-state index contributed by atoms with van der Waals surface area (Å²) < 4.78 is 2.64. The number of hydrogen-bond acceptors (Lipinski definition) is 6. The Morgan fingerprint density at radius 2 is 2.21 bits per heavy atom. The van der Waals surface area contributed by atoms with Gasteiger partial charge in [0.2, 0.25) is 5.95 Å². The van der Waals surface area contributed by atoms with Crippen LogP contribution >= 0.6 is 11.3 Å². The van der Waals surface area contributed by atoms with Gasteiger partial charge in [0.05, 0.1) is 15.7 Å². The Morgan fingerprint density at radius 1 is 1.38 bits per heavy atom. The zero-order valence-electron chi connectivity index (χ0n) is 13.3. The van der Waals surface area contributed by atoms with Crippen LogP contribution in [-0.2, 0) is 7.05 Å². The summed E-state index contributed by atoms with van der Waals surface area (Å²) in [4.78, 5) is 21.3. The number of carbonyl (C=O) groups is 1. The summed E-state index contributed by atoms with van der Waals surface area (Å²) in [6, 6.07) is 5.49. The van der Waals surface area contributed by atoms with Crippen molar-refractivity contribution in [2.24, 2.45) is 7.05 Å². The molecule has 2 N–H and O–H groups in total. The fraction of sp³-hybridized carbons (Fsp3) is 0.375. The third-order valence-corrected chi connectivity index (χ3v) is 5.09. The van der Waals surface area contributed by atoms with E-state index < -0.39 is 0 Å². The van der Waals surface area contributed by atoms with E-state index in [9.17, 15) is 4.79 Å². The molecule has 4 rings (SSSR count). The molecule has 1 fully saturated rings. The molecule has 124 valence electrons. The SMILES string of the molecule is Cn1nc(C2CCNCC2)nc1NC(=O)c1ccc2ncsc2c1. The lowest BCUT2D eigenvalue weighted by atomic mass is 9.98. The minimum absolute atomic E-state index is 0.183. The van der Waals surface area contributed by atoms with Gasteiger partial charge in [0.1, 0.15) is 0 Å². The zero-order valence-corrected chi connectivity index (χ0v) is 14.1. The smallest absolute Gasteiger partial charge is 0.258 e. The maximum absolute atomic E-state index is 12.5. The van der Waals surface area contributed by atoms with E-state index in [4.69, 9.17) is 0 Å². The van der Waals surface area contributed by atoms with Crippen molar-refractivity contribution in [3.8, 4) is 0 Å². The lowest BCUT2D eigenvalue weighted by molar-refractivity contribution is 0.102. The number of nitrogens with zero attached hydrogens (tertiary/aromatic N) is 4. The normalized spacial score (nSPS) is 15.7. The van der Waals surface area contributed by atoms with E-state index in [1.54, 1.807) is 23.3 Å². The average molecular weight is 342 g/mol. The van der Waals surface area contributed by atoms with Crippen LogP contribution in [0.3, 0.4) is 0 Å². The molecule has 2 aromatic heterocycles. The maximum Gasteiger partial charge on any atom is 0.258 e. The van der Waals surface area contributed by atoms with E-state index in [0.29, 0.717) is 17.4 Å². The lowest BCUT2D eigenvalue weighted by Crippen LogP contribution is -2.27. The fourth-order valence-electron chi connectivity index (χ4n) is 2.94. The molecule has 0 radical (unpaired) electrons. The summed E-state index contributed by atoms with van der Waals surface area (Å²) in [5.41, 5.74) is 3.28. The van der Waals surface area contributed by atoms with Crippen LogP contribution in [0.25, 0.3) is 10.2 Å². The van der Waals surface area contributed by atoms with Gasteiger partial charge in [-0.2, -0.15) is 10.1 Å². The van der Waals surface area contributed by atoms with E-state index >= 15 is 0 Å². The van der Waals surface area contributed by atoms with Crippen LogP contribution < -0.4 is 10.6 Å². The number of thiazole rings is 1. The highest BCUT2D eigenvalue weighted by Crippen LogP contribution is 2.24. The molecule has 0 unspecified atom stereocenters. The Hall–Kier alpha value is -2.32. The van der Waals surface area contributed by atoms with Crippen LogP contribution in [0.5, 0.6) is 0 Å². The number of amides is 1. The van der Waals surface area contributed by atoms with Crippen LogP contribution in [0.15, 0.2) is 23.7 Å². The predicted molar refractivity (Wildman–Crippen MR) is 93.4 cm³/mol. The van der Waals surface area contributed by atoms with Gasteiger partial charge in [-0.25, -0.2) is 9.67 Å². The highest BCUT2D eigenvalue weighted by atomic mass is 32.1. The van der Waals surface area contributed by atoms with Crippen LogP contribution in [-0.4, -0.2) is 38.7 Å². The number of fused-ring (bicyclic) bond motifs is 1. The Kier molecular flexibility index (Phi) is 3.99. The van der Waals surface area contributed by atoms with Gasteiger partial charge in [-0.15, -0.1) is 11.3 Å². The van der Waals surface area contributed by atoms with Crippen molar-refractivity contribution < 1.29 is 4.79 Å². The number of aromatic nitrogens is 4. The number of rotatable bonds is 3. The molecule has 0 saturated carbocycles. The lowest BCUT2D eigenvalue weighted by Gasteiger charge is -2.19. The molecule has 24 heavy (non-hydrogen) atoms. The third kappa shape index (κ3) is 2.90. The minimum Gasteiger partial charge on any atom is -0.317 e. The van der Waals surface area contributed by atoms with E-state index in [-0.39, 0.29) is 5.91 Å².